The molecule has 0 aliphatic heterocycles. The molecule has 0 saturated heterocycles. The molecule has 0 aromatic heterocycles. The van der Waals surface area contributed by atoms with Gasteiger partial charge in [-0.3, -0.25) is 0 Å². The van der Waals surface area contributed by atoms with Crippen LogP contribution in [0.5, 0.6) is 0 Å². The molecule has 1 aliphatic rings. The van der Waals surface area contributed by atoms with Crippen molar-refractivity contribution in [1.82, 2.24) is 0 Å². The highest BCUT2D eigenvalue weighted by Crippen LogP contribution is 2.60. The molecule has 0 radical (unpaired) electrons. The van der Waals surface area contributed by atoms with Crippen LogP contribution >= 0.6 is 0 Å². The molecular formula is C63H43N. The van der Waals surface area contributed by atoms with Gasteiger partial charge in [0, 0.05) is 16.6 Å². The van der Waals surface area contributed by atoms with Gasteiger partial charge in [-0.25, -0.2) is 0 Å². The molecule has 0 unspecified atom stereocenters. The molecule has 0 spiro atoms. The Morgan fingerprint density at radius 1 is 0.281 bits per heavy atom. The first kappa shape index (κ1) is 37.5. The fourth-order valence-corrected chi connectivity index (χ4v) is 10.5. The van der Waals surface area contributed by atoms with Gasteiger partial charge in [0.05, 0.1) is 16.8 Å². The van der Waals surface area contributed by atoms with Crippen molar-refractivity contribution in [3.05, 3.63) is 283 Å². The lowest BCUT2D eigenvalue weighted by Gasteiger charge is -2.34. The van der Waals surface area contributed by atoms with E-state index in [1.54, 1.807) is 0 Å². The summed E-state index contributed by atoms with van der Waals surface area (Å²) < 4.78 is 0. The van der Waals surface area contributed by atoms with Crippen molar-refractivity contribution in [2.45, 2.75) is 5.41 Å². The van der Waals surface area contributed by atoms with Crippen molar-refractivity contribution in [2.24, 2.45) is 0 Å². The summed E-state index contributed by atoms with van der Waals surface area (Å²) in [5.74, 6) is 0. The third-order valence-electron chi connectivity index (χ3n) is 13.3. The van der Waals surface area contributed by atoms with Gasteiger partial charge in [0.1, 0.15) is 0 Å². The van der Waals surface area contributed by atoms with Crippen LogP contribution in [-0.2, 0) is 5.41 Å². The van der Waals surface area contributed by atoms with E-state index in [0.717, 1.165) is 17.1 Å². The van der Waals surface area contributed by atoms with Crippen molar-refractivity contribution < 1.29 is 0 Å². The van der Waals surface area contributed by atoms with Crippen LogP contribution in [0.3, 0.4) is 0 Å². The Labute approximate surface area is 374 Å². The second kappa shape index (κ2) is 15.6. The first-order valence-corrected chi connectivity index (χ1v) is 22.2. The Hall–Kier alpha value is -8.26. The number of benzene rings is 11. The van der Waals surface area contributed by atoms with Gasteiger partial charge in [0.2, 0.25) is 0 Å². The van der Waals surface area contributed by atoms with Gasteiger partial charge >= 0.3 is 0 Å². The summed E-state index contributed by atoms with van der Waals surface area (Å²) in [6.07, 6.45) is 0. The van der Waals surface area contributed by atoms with E-state index in [9.17, 15) is 0 Å². The van der Waals surface area contributed by atoms with Crippen LogP contribution in [-0.4, -0.2) is 0 Å². The lowest BCUT2D eigenvalue weighted by atomic mass is 9.68. The average molecular weight is 814 g/mol. The van der Waals surface area contributed by atoms with Gasteiger partial charge in [-0.2, -0.15) is 0 Å². The first-order chi connectivity index (χ1) is 31.8. The Morgan fingerprint density at radius 2 is 0.797 bits per heavy atom. The second-order valence-corrected chi connectivity index (χ2v) is 16.8. The van der Waals surface area contributed by atoms with E-state index in [2.05, 4.69) is 266 Å². The largest absolute Gasteiger partial charge is 0.309 e. The summed E-state index contributed by atoms with van der Waals surface area (Å²) in [4.78, 5) is 2.55. The highest BCUT2D eigenvalue weighted by atomic mass is 15.1. The predicted molar refractivity (Wildman–Crippen MR) is 270 cm³/mol. The highest BCUT2D eigenvalue weighted by Gasteiger charge is 2.47. The molecule has 300 valence electrons. The SMILES string of the molecule is c1ccc(-c2ccc(-c3ccc(N(c4cccc5c4-c4ccccc4C5(c4ccccc4)c4ccccc4)c4cc5ccccc5c5ccccc45)cc3-c3ccccc3)cc2)cc1. The zero-order valence-corrected chi connectivity index (χ0v) is 35.3. The van der Waals surface area contributed by atoms with E-state index < -0.39 is 5.41 Å². The number of nitrogens with zero attached hydrogens (tertiary/aromatic N) is 1. The molecular weight excluding hydrogens is 771 g/mol. The molecule has 0 bridgehead atoms. The van der Waals surface area contributed by atoms with E-state index in [1.807, 2.05) is 0 Å². The van der Waals surface area contributed by atoms with Crippen molar-refractivity contribution in [1.29, 1.82) is 0 Å². The molecule has 0 amide bonds. The molecule has 0 fully saturated rings. The maximum Gasteiger partial charge on any atom is 0.0714 e. The predicted octanol–water partition coefficient (Wildman–Crippen LogP) is 16.8. The Kier molecular flexibility index (Phi) is 9.13. The normalized spacial score (nSPS) is 12.5. The van der Waals surface area contributed by atoms with Crippen LogP contribution in [0.2, 0.25) is 0 Å². The molecule has 64 heavy (non-hydrogen) atoms. The Morgan fingerprint density at radius 3 is 1.50 bits per heavy atom. The summed E-state index contributed by atoms with van der Waals surface area (Å²) in [7, 11) is 0. The number of rotatable bonds is 8. The van der Waals surface area contributed by atoms with Crippen LogP contribution in [0.4, 0.5) is 17.1 Å². The maximum atomic E-state index is 2.55. The summed E-state index contributed by atoms with van der Waals surface area (Å²) in [6.45, 7) is 0. The van der Waals surface area contributed by atoms with E-state index in [0.29, 0.717) is 0 Å². The minimum absolute atomic E-state index is 0.535. The van der Waals surface area contributed by atoms with Gasteiger partial charge in [0.15, 0.2) is 0 Å². The van der Waals surface area contributed by atoms with Gasteiger partial charge in [-0.05, 0) is 102 Å². The third-order valence-corrected chi connectivity index (χ3v) is 13.3. The van der Waals surface area contributed by atoms with Crippen LogP contribution in [0.25, 0.3) is 66.1 Å². The quantitative estimate of drug-likeness (QED) is 0.138. The highest BCUT2D eigenvalue weighted by molar-refractivity contribution is 6.15. The first-order valence-electron chi connectivity index (χ1n) is 22.2. The van der Waals surface area contributed by atoms with E-state index in [4.69, 9.17) is 0 Å². The fraction of sp³-hybridized carbons (Fsp3) is 0.0159. The molecule has 0 heterocycles. The van der Waals surface area contributed by atoms with E-state index in [1.165, 1.54) is 88.3 Å². The van der Waals surface area contributed by atoms with Crippen LogP contribution in [0.1, 0.15) is 22.3 Å². The average Bonchev–Trinajstić information content (AvgIpc) is 3.69. The number of hydrogen-bond donors (Lipinski definition) is 0. The summed E-state index contributed by atoms with van der Waals surface area (Å²) >= 11 is 0. The van der Waals surface area contributed by atoms with Crippen molar-refractivity contribution in [3.8, 4) is 44.5 Å². The zero-order valence-electron chi connectivity index (χ0n) is 35.3. The molecule has 11 aromatic carbocycles. The molecule has 1 aliphatic carbocycles. The minimum atomic E-state index is -0.535. The monoisotopic (exact) mass is 813 g/mol. The number of fused-ring (bicyclic) bond motifs is 6. The standard InChI is InChI=1S/C63H43N/c1-5-20-44(21-6-1)45-36-38-47(39-37-45)53-41-40-51(43-57(53)46-22-7-2-8-23-46)64(61-42-48-24-13-14-29-52(48)54-30-15-16-31-55(54)61)60-35-19-34-59-62(60)56-32-17-18-33-58(56)63(59,49-25-9-3-10-26-49)50-27-11-4-12-28-50/h1-43H. The van der Waals surface area contributed by atoms with Crippen molar-refractivity contribution >= 4 is 38.6 Å². The molecule has 12 rings (SSSR count). The van der Waals surface area contributed by atoms with Gasteiger partial charge < -0.3 is 4.90 Å². The molecule has 0 saturated carbocycles. The van der Waals surface area contributed by atoms with Gasteiger partial charge in [-0.15, -0.1) is 0 Å². The van der Waals surface area contributed by atoms with Crippen LogP contribution < -0.4 is 4.90 Å². The Bertz CT molecular complexity index is 3430. The zero-order chi connectivity index (χ0) is 42.5. The topological polar surface area (TPSA) is 3.24 Å². The maximum absolute atomic E-state index is 2.55. The van der Waals surface area contributed by atoms with Gasteiger partial charge in [0.25, 0.3) is 0 Å². The molecule has 11 aromatic rings. The second-order valence-electron chi connectivity index (χ2n) is 16.8. The molecule has 1 heteroatoms. The summed E-state index contributed by atoms with van der Waals surface area (Å²) in [6, 6.07) is 96.0. The molecule has 0 N–H and O–H groups in total. The third kappa shape index (κ3) is 6.01. The summed E-state index contributed by atoms with van der Waals surface area (Å²) in [5.41, 5.74) is 17.5. The number of anilines is 3. The minimum Gasteiger partial charge on any atom is -0.309 e. The fourth-order valence-electron chi connectivity index (χ4n) is 10.5. The van der Waals surface area contributed by atoms with Crippen LogP contribution in [0, 0.1) is 0 Å². The molecule has 0 atom stereocenters. The van der Waals surface area contributed by atoms with Crippen LogP contribution in [0.15, 0.2) is 261 Å². The smallest absolute Gasteiger partial charge is 0.0714 e. The lowest BCUT2D eigenvalue weighted by molar-refractivity contribution is 0.768. The lowest BCUT2D eigenvalue weighted by Crippen LogP contribution is -2.28. The summed E-state index contributed by atoms with van der Waals surface area (Å²) in [5, 5.41) is 4.88. The Balaban J connectivity index is 1.16. The number of hydrogen-bond acceptors (Lipinski definition) is 1. The van der Waals surface area contributed by atoms with E-state index >= 15 is 0 Å². The van der Waals surface area contributed by atoms with Crippen molar-refractivity contribution in [2.75, 3.05) is 4.90 Å². The van der Waals surface area contributed by atoms with E-state index in [-0.39, 0.29) is 0 Å². The van der Waals surface area contributed by atoms with Crippen molar-refractivity contribution in [3.63, 3.8) is 0 Å². The molecule has 1 nitrogen and oxygen atoms in total. The van der Waals surface area contributed by atoms with Gasteiger partial charge in [-0.1, -0.05) is 237 Å².